The molecule has 0 saturated carbocycles. The van der Waals surface area contributed by atoms with E-state index in [-0.39, 0.29) is 0 Å². The highest BCUT2D eigenvalue weighted by molar-refractivity contribution is 5.62. The van der Waals surface area contributed by atoms with Crippen LogP contribution < -0.4 is 10.1 Å². The number of nitrogens with one attached hydrogen (secondary N) is 1. The number of rotatable bonds is 5. The summed E-state index contributed by atoms with van der Waals surface area (Å²) in [6, 6.07) is 6.46. The summed E-state index contributed by atoms with van der Waals surface area (Å²) < 4.78 is 7.61. The Bertz CT molecular complexity index is 1060. The number of benzene rings is 1. The van der Waals surface area contributed by atoms with Crippen molar-refractivity contribution in [3.8, 4) is 11.4 Å². The van der Waals surface area contributed by atoms with Gasteiger partial charge in [0.1, 0.15) is 5.75 Å². The Balaban J connectivity index is 1.40. The topological polar surface area (TPSA) is 68.1 Å². The van der Waals surface area contributed by atoms with Gasteiger partial charge in [0.2, 0.25) is 5.95 Å². The van der Waals surface area contributed by atoms with Crippen LogP contribution in [0.15, 0.2) is 36.9 Å². The Morgan fingerprint density at radius 1 is 1.10 bits per heavy atom. The number of piperidine rings is 1. The summed E-state index contributed by atoms with van der Waals surface area (Å²) in [6.45, 7) is 4.34. The number of ether oxygens (including phenoxy) is 1. The normalized spacial score (nSPS) is 19.1. The second-order valence-electron chi connectivity index (χ2n) is 8.54. The van der Waals surface area contributed by atoms with E-state index in [1.807, 2.05) is 42.1 Å². The highest BCUT2D eigenvalue weighted by Gasteiger charge is 2.28. The predicted molar refractivity (Wildman–Crippen MR) is 121 cm³/mol. The summed E-state index contributed by atoms with van der Waals surface area (Å²) >= 11 is 0. The highest BCUT2D eigenvalue weighted by Crippen LogP contribution is 2.35. The summed E-state index contributed by atoms with van der Waals surface area (Å²) in [7, 11) is 1.69. The third kappa shape index (κ3) is 4.14. The zero-order valence-electron chi connectivity index (χ0n) is 18.3. The van der Waals surface area contributed by atoms with Crippen LogP contribution in [0.5, 0.6) is 5.75 Å². The van der Waals surface area contributed by atoms with E-state index in [1.54, 1.807) is 13.4 Å². The lowest BCUT2D eigenvalue weighted by atomic mass is 9.90. The summed E-state index contributed by atoms with van der Waals surface area (Å²) in [5.41, 5.74) is 5.33. The molecule has 1 N–H and O–H groups in total. The maximum Gasteiger partial charge on any atom is 0.227 e. The minimum Gasteiger partial charge on any atom is -0.494 e. The molecule has 2 aromatic heterocycles. The lowest BCUT2D eigenvalue weighted by Gasteiger charge is -2.37. The molecule has 7 heteroatoms. The molecule has 1 aliphatic carbocycles. The first-order valence-corrected chi connectivity index (χ1v) is 11.3. The number of anilines is 2. The lowest BCUT2D eigenvalue weighted by molar-refractivity contribution is 0.145. The van der Waals surface area contributed by atoms with Crippen LogP contribution in [0.1, 0.15) is 55.1 Å². The third-order valence-corrected chi connectivity index (χ3v) is 6.39. The van der Waals surface area contributed by atoms with Gasteiger partial charge >= 0.3 is 0 Å². The molecule has 1 unspecified atom stereocenters. The van der Waals surface area contributed by atoms with Gasteiger partial charge in [-0.3, -0.25) is 4.90 Å². The number of methoxy groups -OCH3 is 1. The number of nitrogens with zero attached hydrogens (tertiary/aromatic N) is 5. The minimum absolute atomic E-state index is 0.425. The summed E-state index contributed by atoms with van der Waals surface area (Å²) in [6.07, 6.45) is 13.2. The molecule has 31 heavy (non-hydrogen) atoms. The van der Waals surface area contributed by atoms with E-state index in [1.165, 1.54) is 56.5 Å². The molecule has 0 amide bonds. The zero-order chi connectivity index (χ0) is 21.2. The van der Waals surface area contributed by atoms with Gasteiger partial charge in [-0.15, -0.1) is 0 Å². The van der Waals surface area contributed by atoms with Gasteiger partial charge < -0.3 is 14.6 Å². The summed E-state index contributed by atoms with van der Waals surface area (Å²) in [4.78, 5) is 16.5. The fourth-order valence-electron chi connectivity index (χ4n) is 4.82. The van der Waals surface area contributed by atoms with Gasteiger partial charge in [-0.2, -0.15) is 0 Å². The largest absolute Gasteiger partial charge is 0.494 e. The van der Waals surface area contributed by atoms with Crippen molar-refractivity contribution < 1.29 is 4.74 Å². The molecule has 0 bridgehead atoms. The van der Waals surface area contributed by atoms with Gasteiger partial charge in [0.15, 0.2) is 0 Å². The molecule has 3 heterocycles. The number of likely N-dealkylation sites (tertiary alicyclic amines) is 1. The lowest BCUT2D eigenvalue weighted by Crippen LogP contribution is -2.36. The van der Waals surface area contributed by atoms with Crippen LogP contribution in [0.25, 0.3) is 5.69 Å². The first-order chi connectivity index (χ1) is 15.2. The zero-order valence-corrected chi connectivity index (χ0v) is 18.3. The van der Waals surface area contributed by atoms with Crippen LogP contribution in [-0.4, -0.2) is 44.6 Å². The monoisotopic (exact) mass is 418 g/mol. The van der Waals surface area contributed by atoms with Gasteiger partial charge in [-0.25, -0.2) is 15.0 Å². The number of aryl methyl sites for hydroxylation is 2. The average Bonchev–Trinajstić information content (AvgIpc) is 3.25. The van der Waals surface area contributed by atoms with Crippen molar-refractivity contribution in [3.63, 3.8) is 0 Å². The van der Waals surface area contributed by atoms with Crippen molar-refractivity contribution in [1.29, 1.82) is 0 Å². The number of hydrogen-bond donors (Lipinski definition) is 1. The summed E-state index contributed by atoms with van der Waals surface area (Å²) in [5, 5.41) is 3.39. The molecule has 0 spiro atoms. The molecule has 5 rings (SSSR count). The SMILES string of the molecule is COc1cc(Nc2ncc3c(n2)C(N2CCCCC2)CCC3)ccc1-n1cnc(C)c1. The van der Waals surface area contributed by atoms with Gasteiger partial charge in [-0.05, 0) is 69.8 Å². The van der Waals surface area contributed by atoms with Crippen molar-refractivity contribution in [2.75, 3.05) is 25.5 Å². The molecular formula is C24H30N6O. The van der Waals surface area contributed by atoms with E-state index in [9.17, 15) is 0 Å². The number of hydrogen-bond acceptors (Lipinski definition) is 6. The fourth-order valence-corrected chi connectivity index (χ4v) is 4.82. The van der Waals surface area contributed by atoms with Crippen molar-refractivity contribution in [2.24, 2.45) is 0 Å². The molecule has 162 valence electrons. The maximum atomic E-state index is 5.64. The Kier molecular flexibility index (Phi) is 5.59. The molecule has 0 radical (unpaired) electrons. The van der Waals surface area contributed by atoms with Crippen molar-refractivity contribution >= 4 is 11.6 Å². The van der Waals surface area contributed by atoms with Crippen LogP contribution in [0, 0.1) is 6.92 Å². The van der Waals surface area contributed by atoms with E-state index in [0.717, 1.165) is 29.2 Å². The van der Waals surface area contributed by atoms with Crippen molar-refractivity contribution in [2.45, 2.75) is 51.5 Å². The van der Waals surface area contributed by atoms with Crippen molar-refractivity contribution in [1.82, 2.24) is 24.4 Å². The number of fused-ring (bicyclic) bond motifs is 1. The van der Waals surface area contributed by atoms with Crippen LogP contribution in [0.3, 0.4) is 0 Å². The van der Waals surface area contributed by atoms with Crippen molar-refractivity contribution in [3.05, 3.63) is 53.9 Å². The van der Waals surface area contributed by atoms with Gasteiger partial charge in [0, 0.05) is 24.1 Å². The van der Waals surface area contributed by atoms with Crippen LogP contribution in [0.4, 0.5) is 11.6 Å². The molecule has 1 aromatic carbocycles. The van der Waals surface area contributed by atoms with E-state index < -0.39 is 0 Å². The molecule has 1 aliphatic heterocycles. The third-order valence-electron chi connectivity index (χ3n) is 6.39. The molecule has 1 saturated heterocycles. The van der Waals surface area contributed by atoms with E-state index in [4.69, 9.17) is 9.72 Å². The van der Waals surface area contributed by atoms with Crippen LogP contribution in [0.2, 0.25) is 0 Å². The van der Waals surface area contributed by atoms with E-state index >= 15 is 0 Å². The number of aromatic nitrogens is 4. The Morgan fingerprint density at radius 3 is 2.74 bits per heavy atom. The maximum absolute atomic E-state index is 5.64. The average molecular weight is 419 g/mol. The summed E-state index contributed by atoms with van der Waals surface area (Å²) in [5.74, 6) is 1.42. The fraction of sp³-hybridized carbons (Fsp3) is 0.458. The van der Waals surface area contributed by atoms with E-state index in [0.29, 0.717) is 12.0 Å². The Labute approximate surface area is 183 Å². The first-order valence-electron chi connectivity index (χ1n) is 11.3. The van der Waals surface area contributed by atoms with Crippen LogP contribution in [-0.2, 0) is 6.42 Å². The minimum atomic E-state index is 0.425. The van der Waals surface area contributed by atoms with Gasteiger partial charge in [0.25, 0.3) is 0 Å². The van der Waals surface area contributed by atoms with Crippen LogP contribution >= 0.6 is 0 Å². The molecular weight excluding hydrogens is 388 g/mol. The smallest absolute Gasteiger partial charge is 0.227 e. The molecule has 7 nitrogen and oxygen atoms in total. The predicted octanol–water partition coefficient (Wildman–Crippen LogP) is 4.59. The second-order valence-corrected chi connectivity index (χ2v) is 8.54. The quantitative estimate of drug-likeness (QED) is 0.654. The van der Waals surface area contributed by atoms with Gasteiger partial charge in [0.05, 0.1) is 36.6 Å². The Morgan fingerprint density at radius 2 is 1.97 bits per heavy atom. The van der Waals surface area contributed by atoms with Gasteiger partial charge in [-0.1, -0.05) is 6.42 Å². The van der Waals surface area contributed by atoms with E-state index in [2.05, 4.69) is 20.2 Å². The first kappa shape index (κ1) is 20.0. The highest BCUT2D eigenvalue weighted by atomic mass is 16.5. The standard InChI is InChI=1S/C24H30N6O/c1-17-15-30(16-26-17)20-10-9-19(13-22(20)31-2)27-24-25-14-18-7-6-8-21(23(18)28-24)29-11-4-3-5-12-29/h9-10,13-16,21H,3-8,11-12H2,1-2H3,(H,25,27,28). The molecule has 2 aliphatic rings. The molecule has 1 fully saturated rings. The molecule has 3 aromatic rings. The second kappa shape index (κ2) is 8.67. The number of imidazole rings is 1. The molecule has 1 atom stereocenters. The Hall–Kier alpha value is -2.93.